The van der Waals surface area contributed by atoms with Crippen LogP contribution >= 0.6 is 0 Å². The third-order valence-electron chi connectivity index (χ3n) is 3.67. The van der Waals surface area contributed by atoms with Gasteiger partial charge in [-0.05, 0) is 33.2 Å². The molecule has 1 aromatic rings. The Kier molecular flexibility index (Phi) is 4.11. The summed E-state index contributed by atoms with van der Waals surface area (Å²) in [5.41, 5.74) is -0.863. The van der Waals surface area contributed by atoms with Gasteiger partial charge in [0.1, 0.15) is 12.4 Å². The normalized spacial score (nSPS) is 21.6. The third kappa shape index (κ3) is 3.73. The number of aliphatic hydroxyl groups is 1. The molecule has 0 amide bonds. The molecule has 2 rings (SSSR count). The Morgan fingerprint density at radius 2 is 2.10 bits per heavy atom. The van der Waals surface area contributed by atoms with Crippen LogP contribution in [-0.2, 0) is 13.1 Å². The first-order chi connectivity index (χ1) is 9.17. The average molecular weight is 291 g/mol. The van der Waals surface area contributed by atoms with E-state index in [1.54, 1.807) is 13.8 Å². The van der Waals surface area contributed by atoms with Gasteiger partial charge in [0.05, 0.1) is 12.1 Å². The van der Waals surface area contributed by atoms with Crippen LogP contribution < -0.4 is 0 Å². The van der Waals surface area contributed by atoms with Crippen molar-refractivity contribution < 1.29 is 18.3 Å². The van der Waals surface area contributed by atoms with E-state index in [9.17, 15) is 18.3 Å². The molecule has 1 saturated heterocycles. The Morgan fingerprint density at radius 1 is 1.40 bits per heavy atom. The molecule has 114 valence electrons. The lowest BCUT2D eigenvalue weighted by molar-refractivity contribution is -0.141. The van der Waals surface area contributed by atoms with Crippen LogP contribution in [0, 0.1) is 0 Å². The number of imidazole rings is 1. The molecule has 2 heterocycles. The van der Waals surface area contributed by atoms with E-state index in [1.807, 2.05) is 4.90 Å². The highest BCUT2D eigenvalue weighted by molar-refractivity contribution is 4.98. The molecule has 0 bridgehead atoms. The van der Waals surface area contributed by atoms with Crippen LogP contribution in [0.2, 0.25) is 0 Å². The first-order valence-corrected chi connectivity index (χ1v) is 6.70. The lowest BCUT2D eigenvalue weighted by Gasteiger charge is -2.33. The molecule has 0 aliphatic carbocycles. The van der Waals surface area contributed by atoms with Gasteiger partial charge in [-0.25, -0.2) is 4.98 Å². The zero-order valence-corrected chi connectivity index (χ0v) is 11.7. The van der Waals surface area contributed by atoms with E-state index in [0.717, 1.165) is 24.0 Å². The van der Waals surface area contributed by atoms with Gasteiger partial charge >= 0.3 is 6.18 Å². The molecule has 0 radical (unpaired) electrons. The van der Waals surface area contributed by atoms with Crippen molar-refractivity contribution in [3.05, 3.63) is 18.2 Å². The minimum Gasteiger partial charge on any atom is -0.389 e. The molecular weight excluding hydrogens is 271 g/mol. The quantitative estimate of drug-likeness (QED) is 0.924. The summed E-state index contributed by atoms with van der Waals surface area (Å²) in [5.74, 6) is 0.387. The van der Waals surface area contributed by atoms with Gasteiger partial charge in [0.15, 0.2) is 0 Å². The van der Waals surface area contributed by atoms with E-state index >= 15 is 0 Å². The number of hydrogen-bond donors (Lipinski definition) is 1. The second-order valence-corrected chi connectivity index (χ2v) is 5.87. The standard InChI is InChI=1S/C13H20F3N3O/c1-12(2,20)10-4-3-6-18(10)8-11-17-5-7-19(11)9-13(14,15)16/h5,7,10,20H,3-4,6,8-9H2,1-2H3. The van der Waals surface area contributed by atoms with Crippen LogP contribution in [0.15, 0.2) is 12.4 Å². The fourth-order valence-electron chi connectivity index (χ4n) is 2.83. The Hall–Kier alpha value is -1.08. The van der Waals surface area contributed by atoms with E-state index in [2.05, 4.69) is 4.98 Å². The Bertz CT molecular complexity index is 450. The van der Waals surface area contributed by atoms with Crippen LogP contribution in [0.4, 0.5) is 13.2 Å². The molecule has 1 aliphatic heterocycles. The molecular formula is C13H20F3N3O. The van der Waals surface area contributed by atoms with E-state index in [1.165, 1.54) is 12.4 Å². The largest absolute Gasteiger partial charge is 0.406 e. The number of aromatic nitrogens is 2. The number of halogens is 3. The van der Waals surface area contributed by atoms with Gasteiger partial charge in [-0.3, -0.25) is 4.90 Å². The summed E-state index contributed by atoms with van der Waals surface area (Å²) in [6.07, 6.45) is 0.266. The SMILES string of the molecule is CC(C)(O)C1CCCN1Cc1nccn1CC(F)(F)F. The van der Waals surface area contributed by atoms with E-state index < -0.39 is 18.3 Å². The molecule has 0 aromatic carbocycles. The van der Waals surface area contributed by atoms with Gasteiger partial charge in [-0.1, -0.05) is 0 Å². The Balaban J connectivity index is 2.09. The third-order valence-corrected chi connectivity index (χ3v) is 3.67. The molecule has 1 N–H and O–H groups in total. The fourth-order valence-corrected chi connectivity index (χ4v) is 2.83. The predicted molar refractivity (Wildman–Crippen MR) is 68.0 cm³/mol. The second kappa shape index (κ2) is 5.37. The molecule has 1 atom stereocenters. The van der Waals surface area contributed by atoms with Crippen molar-refractivity contribution in [2.45, 2.75) is 57.6 Å². The first kappa shape index (κ1) is 15.3. The summed E-state index contributed by atoms with van der Waals surface area (Å²) in [5, 5.41) is 10.1. The number of rotatable bonds is 4. The van der Waals surface area contributed by atoms with Gasteiger partial charge in [0.25, 0.3) is 0 Å². The van der Waals surface area contributed by atoms with Crippen LogP contribution in [-0.4, -0.2) is 43.9 Å². The molecule has 1 unspecified atom stereocenters. The number of alkyl halides is 3. The number of likely N-dealkylation sites (tertiary alicyclic amines) is 1. The van der Waals surface area contributed by atoms with Crippen molar-refractivity contribution in [2.75, 3.05) is 6.54 Å². The maximum absolute atomic E-state index is 12.5. The van der Waals surface area contributed by atoms with Gasteiger partial charge in [0, 0.05) is 18.4 Å². The van der Waals surface area contributed by atoms with Gasteiger partial charge in [0.2, 0.25) is 0 Å². The predicted octanol–water partition coefficient (Wildman–Crippen LogP) is 2.18. The molecule has 1 fully saturated rings. The lowest BCUT2D eigenvalue weighted by Crippen LogP contribution is -2.45. The van der Waals surface area contributed by atoms with Crippen LogP contribution in [0.3, 0.4) is 0 Å². The van der Waals surface area contributed by atoms with Crippen molar-refractivity contribution >= 4 is 0 Å². The Labute approximate surface area is 116 Å². The minimum atomic E-state index is -4.25. The summed E-state index contributed by atoms with van der Waals surface area (Å²) < 4.78 is 38.6. The van der Waals surface area contributed by atoms with Crippen molar-refractivity contribution in [3.8, 4) is 0 Å². The Morgan fingerprint density at radius 3 is 2.70 bits per heavy atom. The molecule has 1 aliphatic rings. The zero-order valence-electron chi connectivity index (χ0n) is 11.7. The van der Waals surface area contributed by atoms with E-state index in [-0.39, 0.29) is 6.04 Å². The summed E-state index contributed by atoms with van der Waals surface area (Å²) in [6, 6.07) is -0.0430. The van der Waals surface area contributed by atoms with Gasteiger partial charge in [-0.2, -0.15) is 13.2 Å². The summed E-state index contributed by atoms with van der Waals surface area (Å²) in [4.78, 5) is 6.03. The highest BCUT2D eigenvalue weighted by atomic mass is 19.4. The fraction of sp³-hybridized carbons (Fsp3) is 0.769. The van der Waals surface area contributed by atoms with E-state index in [0.29, 0.717) is 12.4 Å². The maximum Gasteiger partial charge on any atom is 0.406 e. The number of nitrogens with zero attached hydrogens (tertiary/aromatic N) is 3. The monoisotopic (exact) mass is 291 g/mol. The van der Waals surface area contributed by atoms with Gasteiger partial charge in [-0.15, -0.1) is 0 Å². The lowest BCUT2D eigenvalue weighted by atomic mass is 9.97. The highest BCUT2D eigenvalue weighted by Gasteiger charge is 2.36. The zero-order chi connectivity index (χ0) is 15.0. The molecule has 4 nitrogen and oxygen atoms in total. The number of hydrogen-bond acceptors (Lipinski definition) is 3. The van der Waals surface area contributed by atoms with E-state index in [4.69, 9.17) is 0 Å². The molecule has 0 spiro atoms. The second-order valence-electron chi connectivity index (χ2n) is 5.87. The van der Waals surface area contributed by atoms with Crippen LogP contribution in [0.25, 0.3) is 0 Å². The summed E-state index contributed by atoms with van der Waals surface area (Å²) in [6.45, 7) is 3.55. The minimum absolute atomic E-state index is 0.0430. The molecule has 7 heteroatoms. The summed E-state index contributed by atoms with van der Waals surface area (Å²) in [7, 11) is 0. The van der Waals surface area contributed by atoms with Gasteiger partial charge < -0.3 is 9.67 Å². The van der Waals surface area contributed by atoms with Crippen LogP contribution in [0.1, 0.15) is 32.5 Å². The first-order valence-electron chi connectivity index (χ1n) is 6.70. The van der Waals surface area contributed by atoms with Crippen molar-refractivity contribution in [1.29, 1.82) is 0 Å². The maximum atomic E-state index is 12.5. The summed E-state index contributed by atoms with van der Waals surface area (Å²) >= 11 is 0. The topological polar surface area (TPSA) is 41.3 Å². The molecule has 1 aromatic heterocycles. The van der Waals surface area contributed by atoms with Crippen molar-refractivity contribution in [2.24, 2.45) is 0 Å². The van der Waals surface area contributed by atoms with Crippen LogP contribution in [0.5, 0.6) is 0 Å². The van der Waals surface area contributed by atoms with Crippen molar-refractivity contribution in [3.63, 3.8) is 0 Å². The molecule has 20 heavy (non-hydrogen) atoms. The van der Waals surface area contributed by atoms with Crippen molar-refractivity contribution in [1.82, 2.24) is 14.5 Å². The molecule has 0 saturated carbocycles. The smallest absolute Gasteiger partial charge is 0.389 e. The highest BCUT2D eigenvalue weighted by Crippen LogP contribution is 2.28. The average Bonchev–Trinajstić information content (AvgIpc) is 2.86.